The molecule has 0 aromatic heterocycles. The fraction of sp³-hybridized carbons (Fsp3) is 0.667. The standard InChI is InChI=1S/C3H5ClN2O3/c7-4(8)9-6-2-1-5-3-6/h3H,1-2H2. The number of aliphatic imine (C=N–C) groups is 1. The molecular formula is C3H5ClN2O3. The maximum atomic E-state index is 9.79. The molecule has 0 spiro atoms. The number of hydroxylamine groups is 2. The van der Waals surface area contributed by atoms with E-state index in [0.717, 1.165) is 5.06 Å². The molecule has 0 unspecified atom stereocenters. The SMILES string of the molecule is [O-][Cl+2]([O-])ON1C=NCC1. The normalized spacial score (nSPS) is 17.9. The van der Waals surface area contributed by atoms with Gasteiger partial charge in [0, 0.05) is 0 Å². The van der Waals surface area contributed by atoms with Gasteiger partial charge >= 0.3 is 10.8 Å². The number of hydrogen-bond donors (Lipinski definition) is 0. The van der Waals surface area contributed by atoms with Gasteiger partial charge < -0.3 is 9.32 Å². The van der Waals surface area contributed by atoms with Crippen molar-refractivity contribution in [3.63, 3.8) is 0 Å². The van der Waals surface area contributed by atoms with Crippen molar-refractivity contribution in [2.45, 2.75) is 0 Å². The molecule has 1 aliphatic rings. The molecular weight excluding hydrogens is 147 g/mol. The first-order chi connectivity index (χ1) is 4.29. The smallest absolute Gasteiger partial charge is 0.318 e. The van der Waals surface area contributed by atoms with Crippen LogP contribution < -0.4 is 9.32 Å². The highest BCUT2D eigenvalue weighted by molar-refractivity contribution is 5.55. The first-order valence-electron chi connectivity index (χ1n) is 2.29. The van der Waals surface area contributed by atoms with Gasteiger partial charge in [0.2, 0.25) is 0 Å². The van der Waals surface area contributed by atoms with E-state index in [2.05, 4.69) is 9.38 Å². The lowest BCUT2D eigenvalue weighted by Gasteiger charge is -2.01. The van der Waals surface area contributed by atoms with E-state index >= 15 is 0 Å². The van der Waals surface area contributed by atoms with Crippen LogP contribution in [-0.2, 0) is 4.39 Å². The van der Waals surface area contributed by atoms with Crippen molar-refractivity contribution in [1.29, 1.82) is 0 Å². The zero-order chi connectivity index (χ0) is 6.69. The maximum Gasteiger partial charge on any atom is 0.319 e. The van der Waals surface area contributed by atoms with Gasteiger partial charge in [0.15, 0.2) is 4.39 Å². The molecule has 0 bridgehead atoms. The molecule has 0 aliphatic carbocycles. The van der Waals surface area contributed by atoms with Crippen molar-refractivity contribution in [2.24, 2.45) is 4.99 Å². The number of rotatable bonds is 2. The Bertz CT molecular complexity index is 118. The molecule has 0 aromatic rings. The predicted octanol–water partition coefficient (Wildman–Crippen LogP) is -2.65. The molecule has 9 heavy (non-hydrogen) atoms. The monoisotopic (exact) mass is 152 g/mol. The lowest BCUT2D eigenvalue weighted by atomic mass is 10.7. The molecule has 0 N–H and O–H groups in total. The molecule has 52 valence electrons. The Hall–Kier alpha value is -0.360. The number of nitrogens with zero attached hydrogens (tertiary/aromatic N) is 2. The topological polar surface area (TPSA) is 70.9 Å². The highest BCUT2D eigenvalue weighted by Crippen LogP contribution is 1.94. The zero-order valence-corrected chi connectivity index (χ0v) is 5.24. The van der Waals surface area contributed by atoms with Gasteiger partial charge in [-0.3, -0.25) is 4.99 Å². The van der Waals surface area contributed by atoms with E-state index in [1.165, 1.54) is 6.34 Å². The first-order valence-corrected chi connectivity index (χ1v) is 3.22. The van der Waals surface area contributed by atoms with Gasteiger partial charge in [0.25, 0.3) is 0 Å². The van der Waals surface area contributed by atoms with Crippen molar-refractivity contribution in [2.75, 3.05) is 13.1 Å². The summed E-state index contributed by atoms with van der Waals surface area (Å²) in [5.74, 6) is 0. The van der Waals surface area contributed by atoms with E-state index in [-0.39, 0.29) is 0 Å². The second-order valence-corrected chi connectivity index (χ2v) is 1.94. The summed E-state index contributed by atoms with van der Waals surface area (Å²) in [5.41, 5.74) is 0. The second-order valence-electron chi connectivity index (χ2n) is 1.42. The van der Waals surface area contributed by atoms with Crippen molar-refractivity contribution >= 4 is 6.34 Å². The fourth-order valence-corrected chi connectivity index (χ4v) is 0.737. The minimum Gasteiger partial charge on any atom is -0.318 e. The van der Waals surface area contributed by atoms with Gasteiger partial charge in [-0.25, -0.2) is 0 Å². The molecule has 5 nitrogen and oxygen atoms in total. The molecule has 1 rings (SSSR count). The minimum absolute atomic E-state index is 0.499. The van der Waals surface area contributed by atoms with Crippen molar-refractivity contribution in [3.05, 3.63) is 0 Å². The van der Waals surface area contributed by atoms with Crippen LogP contribution in [0.1, 0.15) is 0 Å². The third kappa shape index (κ3) is 2.15. The molecule has 0 atom stereocenters. The highest BCUT2D eigenvalue weighted by Gasteiger charge is 2.17. The highest BCUT2D eigenvalue weighted by atomic mass is 35.6. The molecule has 0 amide bonds. The summed E-state index contributed by atoms with van der Waals surface area (Å²) in [6, 6.07) is 0. The molecule has 0 aromatic carbocycles. The van der Waals surface area contributed by atoms with Gasteiger partial charge in [-0.15, -0.1) is 5.06 Å². The van der Waals surface area contributed by atoms with Gasteiger partial charge in [-0.1, -0.05) is 0 Å². The van der Waals surface area contributed by atoms with Gasteiger partial charge in [0.1, 0.15) is 6.34 Å². The van der Waals surface area contributed by atoms with Crippen LogP contribution in [0.25, 0.3) is 0 Å². The van der Waals surface area contributed by atoms with Crippen LogP contribution in [0.3, 0.4) is 0 Å². The van der Waals surface area contributed by atoms with E-state index in [1.807, 2.05) is 0 Å². The third-order valence-electron chi connectivity index (χ3n) is 0.805. The van der Waals surface area contributed by atoms with E-state index in [0.29, 0.717) is 13.1 Å². The Morgan fingerprint density at radius 1 is 1.67 bits per heavy atom. The Morgan fingerprint density at radius 3 is 2.89 bits per heavy atom. The van der Waals surface area contributed by atoms with E-state index in [9.17, 15) is 9.32 Å². The fourth-order valence-electron chi connectivity index (χ4n) is 0.488. The Balaban J connectivity index is 2.20. The predicted molar refractivity (Wildman–Crippen MR) is 21.1 cm³/mol. The van der Waals surface area contributed by atoms with Crippen LogP contribution >= 0.6 is 0 Å². The second kappa shape index (κ2) is 2.98. The van der Waals surface area contributed by atoms with E-state index in [1.54, 1.807) is 0 Å². The molecule has 0 saturated heterocycles. The molecule has 1 aliphatic heterocycles. The average molecular weight is 153 g/mol. The van der Waals surface area contributed by atoms with E-state index in [4.69, 9.17) is 0 Å². The summed E-state index contributed by atoms with van der Waals surface area (Å²) in [7, 11) is -2.16. The zero-order valence-electron chi connectivity index (χ0n) is 4.49. The summed E-state index contributed by atoms with van der Waals surface area (Å²) in [6.07, 6.45) is 1.33. The van der Waals surface area contributed by atoms with Gasteiger partial charge in [0.05, 0.1) is 13.1 Å². The lowest BCUT2D eigenvalue weighted by molar-refractivity contribution is -1.64. The van der Waals surface area contributed by atoms with Gasteiger partial charge in [-0.05, 0) is 0 Å². The van der Waals surface area contributed by atoms with Crippen LogP contribution in [0.2, 0.25) is 0 Å². The van der Waals surface area contributed by atoms with Gasteiger partial charge in [-0.2, -0.15) is 0 Å². The average Bonchev–Trinajstić information content (AvgIpc) is 2.15. The third-order valence-corrected chi connectivity index (χ3v) is 1.09. The molecule has 0 saturated carbocycles. The summed E-state index contributed by atoms with van der Waals surface area (Å²) in [6.45, 7) is 1.09. The van der Waals surface area contributed by atoms with Crippen LogP contribution in [-0.4, -0.2) is 24.5 Å². The maximum absolute atomic E-state index is 9.79. The quantitative estimate of drug-likeness (QED) is 0.433. The summed E-state index contributed by atoms with van der Waals surface area (Å²) < 4.78 is 23.8. The first kappa shape index (κ1) is 6.76. The number of halogens is 1. The summed E-state index contributed by atoms with van der Waals surface area (Å²) >= 11 is 0. The van der Waals surface area contributed by atoms with E-state index < -0.39 is 10.8 Å². The van der Waals surface area contributed by atoms with Crippen molar-refractivity contribution in [3.8, 4) is 0 Å². The lowest BCUT2D eigenvalue weighted by Crippen LogP contribution is -2.39. The van der Waals surface area contributed by atoms with Crippen LogP contribution in [0.4, 0.5) is 0 Å². The molecule has 0 fully saturated rings. The Labute approximate surface area is 54.9 Å². The largest absolute Gasteiger partial charge is 0.319 e. The molecule has 0 radical (unpaired) electrons. The molecule has 1 heterocycles. The molecule has 6 heteroatoms. The van der Waals surface area contributed by atoms with Crippen molar-refractivity contribution < 1.29 is 24.5 Å². The Kier molecular flexibility index (Phi) is 2.23. The minimum atomic E-state index is -2.16. The summed E-state index contributed by atoms with van der Waals surface area (Å²) in [4.78, 5) is 3.71. The summed E-state index contributed by atoms with van der Waals surface area (Å²) in [5, 5.41) is 1.14. The van der Waals surface area contributed by atoms with Crippen LogP contribution in [0.5, 0.6) is 0 Å². The van der Waals surface area contributed by atoms with Crippen LogP contribution in [0.15, 0.2) is 4.99 Å². The number of hydrogen-bond acceptors (Lipinski definition) is 5. The Morgan fingerprint density at radius 2 is 2.44 bits per heavy atom. The van der Waals surface area contributed by atoms with Crippen LogP contribution in [0, 0.1) is 10.8 Å². The van der Waals surface area contributed by atoms with Crippen molar-refractivity contribution in [1.82, 2.24) is 5.06 Å².